The van der Waals surface area contributed by atoms with Crippen molar-refractivity contribution in [2.45, 2.75) is 18.9 Å². The Labute approximate surface area is 121 Å². The van der Waals surface area contributed by atoms with Gasteiger partial charge in [-0.1, -0.05) is 0 Å². The van der Waals surface area contributed by atoms with Gasteiger partial charge in [0.2, 0.25) is 17.2 Å². The third-order valence-electron chi connectivity index (χ3n) is 3.09. The molecule has 21 heavy (non-hydrogen) atoms. The van der Waals surface area contributed by atoms with Crippen LogP contribution in [0, 0.1) is 0 Å². The van der Waals surface area contributed by atoms with Crippen LogP contribution in [0.15, 0.2) is 0 Å². The molecule has 0 aromatic heterocycles. The molecule has 1 aliphatic rings. The van der Waals surface area contributed by atoms with Crippen LogP contribution in [0.2, 0.25) is 0 Å². The van der Waals surface area contributed by atoms with Crippen molar-refractivity contribution < 1.29 is 35.1 Å². The van der Waals surface area contributed by atoms with E-state index in [2.05, 4.69) is 4.74 Å². The topological polar surface area (TPSA) is 131 Å². The number of rotatable bonds is 2. The molecule has 0 spiro atoms. The minimum Gasteiger partial charge on any atom is -0.503 e. The lowest BCUT2D eigenvalue weighted by atomic mass is 10.1. The molecule has 5 N–H and O–H groups in total. The summed E-state index contributed by atoms with van der Waals surface area (Å²) < 4.78 is 4.25. The number of aldehydes is 1. The Morgan fingerprint density at radius 3 is 1.86 bits per heavy atom. The quantitative estimate of drug-likeness (QED) is 0.306. The van der Waals surface area contributed by atoms with Gasteiger partial charge in [0.15, 0.2) is 11.5 Å². The van der Waals surface area contributed by atoms with Gasteiger partial charge in [-0.2, -0.15) is 0 Å². The highest BCUT2D eigenvalue weighted by Crippen LogP contribution is 2.55. The van der Waals surface area contributed by atoms with Gasteiger partial charge in [0.05, 0.1) is 6.04 Å². The Balaban J connectivity index is 0.000000677. The van der Waals surface area contributed by atoms with E-state index in [1.54, 1.807) is 14.2 Å². The highest BCUT2D eigenvalue weighted by molar-refractivity contribution is 5.83. The first-order valence-electron chi connectivity index (χ1n) is 6.21. The largest absolute Gasteiger partial charge is 0.503 e. The Morgan fingerprint density at radius 2 is 1.43 bits per heavy atom. The molecule has 1 aromatic rings. The maximum absolute atomic E-state index is 10.9. The summed E-state index contributed by atoms with van der Waals surface area (Å²) in [6.45, 7) is 0.383. The van der Waals surface area contributed by atoms with E-state index in [1.807, 2.05) is 0 Å². The molecular weight excluding hydrogens is 282 g/mol. The van der Waals surface area contributed by atoms with Gasteiger partial charge in [-0.05, 0) is 12.8 Å². The van der Waals surface area contributed by atoms with Crippen molar-refractivity contribution in [3.05, 3.63) is 0 Å². The summed E-state index contributed by atoms with van der Waals surface area (Å²) in [6.07, 6.45) is 1.88. The minimum absolute atomic E-state index is 0.252. The summed E-state index contributed by atoms with van der Waals surface area (Å²) in [5.41, 5.74) is -0.252. The summed E-state index contributed by atoms with van der Waals surface area (Å²) in [4.78, 5) is 12.2. The smallest absolute Gasteiger partial charge is 0.208 e. The molecule has 1 fully saturated rings. The number of anilines is 1. The molecule has 1 heterocycles. The van der Waals surface area contributed by atoms with Gasteiger partial charge in [-0.25, -0.2) is 0 Å². The van der Waals surface area contributed by atoms with Gasteiger partial charge in [-0.15, -0.1) is 0 Å². The third kappa shape index (κ3) is 3.05. The van der Waals surface area contributed by atoms with Crippen molar-refractivity contribution in [1.29, 1.82) is 0 Å². The maximum atomic E-state index is 10.9. The van der Waals surface area contributed by atoms with Crippen molar-refractivity contribution in [1.82, 2.24) is 0 Å². The molecule has 1 aromatic carbocycles. The van der Waals surface area contributed by atoms with Crippen LogP contribution in [0.25, 0.3) is 0 Å². The second-order valence-electron chi connectivity index (χ2n) is 4.54. The number of carbonyl (C=O) groups excluding carboxylic acids is 1. The van der Waals surface area contributed by atoms with Gasteiger partial charge in [-0.3, -0.25) is 0 Å². The van der Waals surface area contributed by atoms with Crippen LogP contribution in [0.4, 0.5) is 5.69 Å². The Bertz CT molecular complexity index is 489. The fraction of sp³-hybridized carbons (Fsp3) is 0.462. The second-order valence-corrected chi connectivity index (χ2v) is 4.54. The predicted octanol–water partition coefficient (Wildman–Crippen LogP) is 0.645. The van der Waals surface area contributed by atoms with Crippen molar-refractivity contribution in [2.75, 3.05) is 25.7 Å². The van der Waals surface area contributed by atoms with Gasteiger partial charge in [0.1, 0.15) is 12.0 Å². The number of methoxy groups -OCH3 is 1. The van der Waals surface area contributed by atoms with Crippen molar-refractivity contribution in [2.24, 2.45) is 0 Å². The Kier molecular flexibility index (Phi) is 5.48. The average molecular weight is 301 g/mol. The van der Waals surface area contributed by atoms with E-state index < -0.39 is 34.8 Å². The zero-order valence-corrected chi connectivity index (χ0v) is 11.8. The van der Waals surface area contributed by atoms with Gasteiger partial charge >= 0.3 is 0 Å². The summed E-state index contributed by atoms with van der Waals surface area (Å²) in [5, 5.41) is 47.5. The zero-order chi connectivity index (χ0) is 16.2. The third-order valence-corrected chi connectivity index (χ3v) is 3.09. The molecule has 1 saturated heterocycles. The summed E-state index contributed by atoms with van der Waals surface area (Å²) in [5.74, 6) is -4.41. The lowest BCUT2D eigenvalue weighted by Crippen LogP contribution is -2.30. The molecule has 1 atom stereocenters. The first-order valence-corrected chi connectivity index (χ1v) is 6.21. The number of aromatic hydroxyl groups is 5. The van der Waals surface area contributed by atoms with Crippen LogP contribution in [0.1, 0.15) is 12.8 Å². The van der Waals surface area contributed by atoms with Crippen LogP contribution >= 0.6 is 0 Å². The molecule has 0 aliphatic carbocycles. The predicted molar refractivity (Wildman–Crippen MR) is 74.1 cm³/mol. The van der Waals surface area contributed by atoms with E-state index in [1.165, 1.54) is 4.90 Å². The van der Waals surface area contributed by atoms with Crippen molar-refractivity contribution in [3.8, 4) is 28.7 Å². The number of hydrogen-bond donors (Lipinski definition) is 5. The maximum Gasteiger partial charge on any atom is 0.208 e. The molecule has 8 nitrogen and oxygen atoms in total. The van der Waals surface area contributed by atoms with Crippen LogP contribution < -0.4 is 4.90 Å². The van der Waals surface area contributed by atoms with E-state index in [4.69, 9.17) is 0 Å². The fourth-order valence-corrected chi connectivity index (χ4v) is 2.16. The molecule has 0 amide bonds. The monoisotopic (exact) mass is 301 g/mol. The van der Waals surface area contributed by atoms with Gasteiger partial charge in [0.25, 0.3) is 0 Å². The second kappa shape index (κ2) is 6.89. The molecule has 1 unspecified atom stereocenters. The van der Waals surface area contributed by atoms with Crippen LogP contribution in [-0.2, 0) is 9.53 Å². The van der Waals surface area contributed by atoms with Crippen molar-refractivity contribution in [3.63, 3.8) is 0 Å². The highest BCUT2D eigenvalue weighted by atomic mass is 16.4. The standard InChI is InChI=1S/C11H13NO6.C2H6O/c13-4-5-2-1-3-12(5)6-7(14)9(16)11(18)10(17)8(6)15;1-3-2/h4-5,14-18H,1-3H2;1-2H3. The van der Waals surface area contributed by atoms with Gasteiger partial charge < -0.3 is 40.0 Å². The van der Waals surface area contributed by atoms with E-state index in [0.717, 1.165) is 0 Å². The van der Waals surface area contributed by atoms with E-state index >= 15 is 0 Å². The Hall–Kier alpha value is -2.35. The molecule has 2 rings (SSSR count). The zero-order valence-electron chi connectivity index (χ0n) is 11.8. The first-order chi connectivity index (χ1) is 9.90. The molecule has 8 heteroatoms. The normalized spacial score (nSPS) is 17.2. The number of phenols is 5. The number of benzene rings is 1. The van der Waals surface area contributed by atoms with Crippen molar-refractivity contribution >= 4 is 12.0 Å². The number of nitrogens with zero attached hydrogens (tertiary/aromatic N) is 1. The average Bonchev–Trinajstić information content (AvgIpc) is 2.92. The first kappa shape index (κ1) is 16.7. The lowest BCUT2D eigenvalue weighted by molar-refractivity contribution is -0.108. The molecule has 0 radical (unpaired) electrons. The highest BCUT2D eigenvalue weighted by Gasteiger charge is 2.33. The van der Waals surface area contributed by atoms with Crippen LogP contribution in [0.5, 0.6) is 28.7 Å². The minimum atomic E-state index is -1.00. The number of carbonyl (C=O) groups is 1. The van der Waals surface area contributed by atoms with E-state index in [0.29, 0.717) is 25.7 Å². The number of ether oxygens (including phenoxy) is 1. The lowest BCUT2D eigenvalue weighted by Gasteiger charge is -2.25. The molecular formula is C13H19NO7. The molecule has 0 saturated carbocycles. The molecule has 118 valence electrons. The molecule has 1 aliphatic heterocycles. The van der Waals surface area contributed by atoms with Crippen LogP contribution in [-0.4, -0.2) is 58.6 Å². The SMILES string of the molecule is COC.O=CC1CCCN1c1c(O)c(O)c(O)c(O)c1O. The summed E-state index contributed by atoms with van der Waals surface area (Å²) in [6, 6.07) is -0.551. The van der Waals surface area contributed by atoms with E-state index in [9.17, 15) is 30.3 Å². The molecule has 0 bridgehead atoms. The van der Waals surface area contributed by atoms with Crippen LogP contribution in [0.3, 0.4) is 0 Å². The van der Waals surface area contributed by atoms with Gasteiger partial charge in [0, 0.05) is 20.8 Å². The summed E-state index contributed by atoms with van der Waals surface area (Å²) in [7, 11) is 3.25. The van der Waals surface area contributed by atoms with E-state index in [-0.39, 0.29) is 5.69 Å². The fourth-order valence-electron chi connectivity index (χ4n) is 2.16. The Morgan fingerprint density at radius 1 is 1.00 bits per heavy atom. The number of phenolic OH excluding ortho intramolecular Hbond substituents is 5. The summed E-state index contributed by atoms with van der Waals surface area (Å²) >= 11 is 0. The number of hydrogen-bond acceptors (Lipinski definition) is 8.